The van der Waals surface area contributed by atoms with Crippen LogP contribution in [0.3, 0.4) is 0 Å². The molecule has 2 heterocycles. The van der Waals surface area contributed by atoms with Gasteiger partial charge in [-0.2, -0.15) is 15.0 Å². The summed E-state index contributed by atoms with van der Waals surface area (Å²) in [7, 11) is 0. The van der Waals surface area contributed by atoms with Gasteiger partial charge in [0.25, 0.3) is 0 Å². The van der Waals surface area contributed by atoms with Gasteiger partial charge in [0.1, 0.15) is 0 Å². The van der Waals surface area contributed by atoms with Gasteiger partial charge in [-0.05, 0) is 19.8 Å². The highest BCUT2D eigenvalue weighted by atomic mass is 16.5. The van der Waals surface area contributed by atoms with Crippen molar-refractivity contribution in [3.8, 4) is 0 Å². The topological polar surface area (TPSA) is 89.2 Å². The minimum atomic E-state index is 0.0638. The molecule has 3 rings (SSSR count). The summed E-state index contributed by atoms with van der Waals surface area (Å²) in [5.74, 6) is 1.51. The van der Waals surface area contributed by atoms with E-state index in [0.717, 1.165) is 25.9 Å². The van der Waals surface area contributed by atoms with Crippen LogP contribution >= 0.6 is 0 Å². The Balaban J connectivity index is 1.77. The van der Waals surface area contributed by atoms with Crippen molar-refractivity contribution in [2.24, 2.45) is 0 Å². The molecule has 0 radical (unpaired) electrons. The fourth-order valence-corrected chi connectivity index (χ4v) is 3.07. The predicted octanol–water partition coefficient (Wildman–Crippen LogP) is 1.43. The first-order chi connectivity index (χ1) is 10.1. The lowest BCUT2D eigenvalue weighted by molar-refractivity contribution is 0.122. The van der Waals surface area contributed by atoms with Crippen LogP contribution in [0.2, 0.25) is 0 Å². The van der Waals surface area contributed by atoms with Crippen molar-refractivity contribution in [1.82, 2.24) is 15.0 Å². The molecule has 3 N–H and O–H groups in total. The van der Waals surface area contributed by atoms with Crippen LogP contribution in [-0.4, -0.2) is 46.8 Å². The van der Waals surface area contributed by atoms with E-state index in [2.05, 4.69) is 32.1 Å². The minimum Gasteiger partial charge on any atom is -0.378 e. The molecule has 0 unspecified atom stereocenters. The molecule has 116 valence electrons. The number of nitrogens with one attached hydrogen (secondary N) is 1. The number of aromatic nitrogens is 3. The normalized spacial score (nSPS) is 22.0. The Bertz CT molecular complexity index is 482. The van der Waals surface area contributed by atoms with Gasteiger partial charge in [0, 0.05) is 18.6 Å². The molecule has 1 aromatic rings. The summed E-state index contributed by atoms with van der Waals surface area (Å²) >= 11 is 0. The summed E-state index contributed by atoms with van der Waals surface area (Å²) in [4.78, 5) is 15.2. The Labute approximate surface area is 125 Å². The fourth-order valence-electron chi connectivity index (χ4n) is 3.07. The van der Waals surface area contributed by atoms with Gasteiger partial charge in [-0.1, -0.05) is 19.3 Å². The second-order valence-corrected chi connectivity index (χ2v) is 6.16. The Hall–Kier alpha value is -1.63. The SMILES string of the molecule is CC1(Nc2nc(N)nc(N3CCOCC3)n2)CCCCC1. The molecule has 0 spiro atoms. The van der Waals surface area contributed by atoms with Crippen molar-refractivity contribution in [2.45, 2.75) is 44.6 Å². The average Bonchev–Trinajstić information content (AvgIpc) is 2.48. The van der Waals surface area contributed by atoms with Crippen molar-refractivity contribution in [1.29, 1.82) is 0 Å². The van der Waals surface area contributed by atoms with E-state index in [9.17, 15) is 0 Å². The van der Waals surface area contributed by atoms with E-state index in [0.29, 0.717) is 25.1 Å². The Morgan fingerprint density at radius 2 is 1.81 bits per heavy atom. The summed E-state index contributed by atoms with van der Waals surface area (Å²) in [6.45, 7) is 5.22. The summed E-state index contributed by atoms with van der Waals surface area (Å²) in [5, 5.41) is 3.48. The Kier molecular flexibility index (Phi) is 4.10. The first-order valence-corrected chi connectivity index (χ1v) is 7.77. The quantitative estimate of drug-likeness (QED) is 0.871. The minimum absolute atomic E-state index is 0.0638. The summed E-state index contributed by atoms with van der Waals surface area (Å²) < 4.78 is 5.36. The molecule has 2 fully saturated rings. The molecule has 7 nitrogen and oxygen atoms in total. The van der Waals surface area contributed by atoms with Crippen molar-refractivity contribution >= 4 is 17.8 Å². The molecular formula is C14H24N6O. The van der Waals surface area contributed by atoms with E-state index in [1.165, 1.54) is 19.3 Å². The van der Waals surface area contributed by atoms with Gasteiger partial charge in [-0.15, -0.1) is 0 Å². The highest BCUT2D eigenvalue weighted by Gasteiger charge is 2.28. The maximum Gasteiger partial charge on any atom is 0.232 e. The van der Waals surface area contributed by atoms with Crippen LogP contribution in [0.4, 0.5) is 17.8 Å². The Morgan fingerprint density at radius 3 is 2.52 bits per heavy atom. The highest BCUT2D eigenvalue weighted by molar-refractivity contribution is 5.43. The van der Waals surface area contributed by atoms with Crippen LogP contribution in [0.25, 0.3) is 0 Å². The van der Waals surface area contributed by atoms with Crippen molar-refractivity contribution in [3.05, 3.63) is 0 Å². The van der Waals surface area contributed by atoms with Crippen LogP contribution in [0.5, 0.6) is 0 Å². The maximum atomic E-state index is 5.85. The second kappa shape index (κ2) is 6.01. The third kappa shape index (κ3) is 3.53. The van der Waals surface area contributed by atoms with Gasteiger partial charge >= 0.3 is 0 Å². The molecule has 0 bridgehead atoms. The second-order valence-electron chi connectivity index (χ2n) is 6.16. The van der Waals surface area contributed by atoms with E-state index in [1.807, 2.05) is 0 Å². The summed E-state index contributed by atoms with van der Waals surface area (Å²) in [6, 6.07) is 0. The fraction of sp³-hybridized carbons (Fsp3) is 0.786. The van der Waals surface area contributed by atoms with Gasteiger partial charge in [-0.25, -0.2) is 0 Å². The van der Waals surface area contributed by atoms with Crippen LogP contribution in [-0.2, 0) is 4.74 Å². The maximum absolute atomic E-state index is 5.85. The summed E-state index contributed by atoms with van der Waals surface area (Å²) in [5.41, 5.74) is 5.92. The van der Waals surface area contributed by atoms with Gasteiger partial charge in [0.05, 0.1) is 13.2 Å². The number of ether oxygens (including phenoxy) is 1. The van der Waals surface area contributed by atoms with E-state index in [4.69, 9.17) is 10.5 Å². The van der Waals surface area contributed by atoms with E-state index >= 15 is 0 Å². The molecule has 1 aliphatic carbocycles. The number of hydrogen-bond acceptors (Lipinski definition) is 7. The zero-order valence-electron chi connectivity index (χ0n) is 12.6. The van der Waals surface area contributed by atoms with Crippen LogP contribution in [0, 0.1) is 0 Å². The van der Waals surface area contributed by atoms with E-state index < -0.39 is 0 Å². The molecule has 1 saturated heterocycles. The first-order valence-electron chi connectivity index (χ1n) is 7.77. The molecule has 0 atom stereocenters. The predicted molar refractivity (Wildman–Crippen MR) is 82.4 cm³/mol. The molecule has 7 heteroatoms. The monoisotopic (exact) mass is 292 g/mol. The van der Waals surface area contributed by atoms with Crippen LogP contribution < -0.4 is 16.0 Å². The molecule has 1 saturated carbocycles. The van der Waals surface area contributed by atoms with Gasteiger partial charge < -0.3 is 20.7 Å². The number of rotatable bonds is 3. The number of nitrogens with zero attached hydrogens (tertiary/aromatic N) is 4. The smallest absolute Gasteiger partial charge is 0.232 e. The summed E-state index contributed by atoms with van der Waals surface area (Å²) in [6.07, 6.45) is 6.10. The third-order valence-electron chi connectivity index (χ3n) is 4.31. The van der Waals surface area contributed by atoms with Crippen LogP contribution in [0.15, 0.2) is 0 Å². The third-order valence-corrected chi connectivity index (χ3v) is 4.31. The van der Waals surface area contributed by atoms with Crippen LogP contribution in [0.1, 0.15) is 39.0 Å². The van der Waals surface area contributed by atoms with Gasteiger partial charge in [0.15, 0.2) is 0 Å². The lowest BCUT2D eigenvalue weighted by Gasteiger charge is -2.35. The molecule has 0 aromatic carbocycles. The van der Waals surface area contributed by atoms with Crippen molar-refractivity contribution < 1.29 is 4.74 Å². The molecule has 2 aliphatic rings. The zero-order valence-corrected chi connectivity index (χ0v) is 12.6. The largest absolute Gasteiger partial charge is 0.378 e. The molecule has 0 amide bonds. The van der Waals surface area contributed by atoms with Crippen molar-refractivity contribution in [3.63, 3.8) is 0 Å². The number of nitrogen functional groups attached to an aromatic ring is 1. The highest BCUT2D eigenvalue weighted by Crippen LogP contribution is 2.30. The van der Waals surface area contributed by atoms with Gasteiger partial charge in [0.2, 0.25) is 17.8 Å². The molecular weight excluding hydrogens is 268 g/mol. The van der Waals surface area contributed by atoms with Crippen molar-refractivity contribution in [2.75, 3.05) is 42.3 Å². The number of nitrogens with two attached hydrogens (primary N) is 1. The molecule has 1 aliphatic heterocycles. The first kappa shape index (κ1) is 14.3. The number of hydrogen-bond donors (Lipinski definition) is 2. The zero-order chi connectivity index (χ0) is 14.7. The standard InChI is InChI=1S/C14H24N6O/c1-14(5-3-2-4-6-14)19-12-16-11(15)17-13(18-12)20-7-9-21-10-8-20/h2-10H2,1H3,(H3,15,16,17,18,19). The average molecular weight is 292 g/mol. The lowest BCUT2D eigenvalue weighted by Crippen LogP contribution is -2.39. The van der Waals surface area contributed by atoms with Gasteiger partial charge in [-0.3, -0.25) is 0 Å². The molecule has 21 heavy (non-hydrogen) atoms. The number of morpholine rings is 1. The van der Waals surface area contributed by atoms with E-state index in [1.54, 1.807) is 0 Å². The van der Waals surface area contributed by atoms with E-state index in [-0.39, 0.29) is 11.5 Å². The lowest BCUT2D eigenvalue weighted by atomic mass is 9.83. The number of anilines is 3. The Morgan fingerprint density at radius 1 is 1.10 bits per heavy atom. The molecule has 1 aromatic heterocycles.